The molecule has 4 rings (SSSR count). The van der Waals surface area contributed by atoms with Gasteiger partial charge in [0.1, 0.15) is 0 Å². The van der Waals surface area contributed by atoms with Crippen molar-refractivity contribution in [2.45, 2.75) is 57.9 Å². The summed E-state index contributed by atoms with van der Waals surface area (Å²) in [5, 5.41) is 9.42. The van der Waals surface area contributed by atoms with E-state index in [0.717, 1.165) is 42.5 Å². The van der Waals surface area contributed by atoms with Crippen LogP contribution in [0, 0.1) is 6.92 Å². The topological polar surface area (TPSA) is 73.7 Å². The van der Waals surface area contributed by atoms with Crippen LogP contribution in [0.3, 0.4) is 0 Å². The monoisotopic (exact) mass is 421 g/mol. The molecule has 0 spiro atoms. The Morgan fingerprint density at radius 3 is 2.81 bits per heavy atom. The fraction of sp³-hybridized carbons (Fsp3) is 0.480. The van der Waals surface area contributed by atoms with Crippen LogP contribution >= 0.6 is 0 Å². The molecule has 31 heavy (non-hydrogen) atoms. The number of hydrogen-bond donors (Lipinski definition) is 1. The Morgan fingerprint density at radius 1 is 1.16 bits per heavy atom. The number of benzene rings is 1. The molecule has 2 heterocycles. The molecule has 1 aliphatic carbocycles. The van der Waals surface area contributed by atoms with Gasteiger partial charge in [-0.15, -0.1) is 0 Å². The molecule has 6 nitrogen and oxygen atoms in total. The maximum Gasteiger partial charge on any atom is 0.320 e. The third kappa shape index (κ3) is 5.06. The van der Waals surface area contributed by atoms with Crippen LogP contribution in [-0.2, 0) is 24.1 Å². The summed E-state index contributed by atoms with van der Waals surface area (Å²) in [6.45, 7) is 3.84. The zero-order chi connectivity index (χ0) is 21.8. The number of aliphatic carboxylic acids is 1. The van der Waals surface area contributed by atoms with Gasteiger partial charge in [0.25, 0.3) is 0 Å². The van der Waals surface area contributed by atoms with E-state index in [9.17, 15) is 14.7 Å². The van der Waals surface area contributed by atoms with Crippen molar-refractivity contribution in [3.05, 3.63) is 64.5 Å². The van der Waals surface area contributed by atoms with E-state index < -0.39 is 12.0 Å². The van der Waals surface area contributed by atoms with Gasteiger partial charge in [-0.25, -0.2) is 4.79 Å². The number of pyridine rings is 1. The van der Waals surface area contributed by atoms with E-state index in [1.54, 1.807) is 4.90 Å². The smallest absolute Gasteiger partial charge is 0.320 e. The highest BCUT2D eigenvalue weighted by Crippen LogP contribution is 2.29. The van der Waals surface area contributed by atoms with Gasteiger partial charge < -0.3 is 14.9 Å². The van der Waals surface area contributed by atoms with Gasteiger partial charge in [-0.05, 0) is 62.6 Å². The molecule has 0 unspecified atom stereocenters. The van der Waals surface area contributed by atoms with E-state index in [2.05, 4.69) is 12.1 Å². The van der Waals surface area contributed by atoms with Crippen LogP contribution in [0.5, 0.6) is 0 Å². The summed E-state index contributed by atoms with van der Waals surface area (Å²) in [4.78, 5) is 33.0. The lowest BCUT2D eigenvalue weighted by atomic mass is 9.95. The lowest BCUT2D eigenvalue weighted by Gasteiger charge is -2.27. The second kappa shape index (κ2) is 9.50. The standard InChI is InChI=1S/C25H31N3O3/c1-18-6-4-8-20(16-18)23(17-24(29)30)28-15-14-27(25(28)31)13-5-9-21-12-11-19-7-2-3-10-22(19)26-21/h4,6,8,11-12,16,23H,2-3,5,7,9-10,13-15,17H2,1H3,(H,29,30)/t23-/m0/s1. The van der Waals surface area contributed by atoms with Gasteiger partial charge in [-0.3, -0.25) is 9.78 Å². The second-order valence-electron chi connectivity index (χ2n) is 8.71. The Balaban J connectivity index is 1.37. The number of hydrogen-bond acceptors (Lipinski definition) is 3. The van der Waals surface area contributed by atoms with Crippen LogP contribution in [0.4, 0.5) is 4.79 Å². The summed E-state index contributed by atoms with van der Waals surface area (Å²) in [7, 11) is 0. The minimum atomic E-state index is -0.892. The van der Waals surface area contributed by atoms with Crippen LogP contribution in [0.1, 0.15) is 59.8 Å². The van der Waals surface area contributed by atoms with E-state index in [0.29, 0.717) is 19.6 Å². The van der Waals surface area contributed by atoms with Gasteiger partial charge in [-0.1, -0.05) is 35.9 Å². The summed E-state index contributed by atoms with van der Waals surface area (Å²) in [5.74, 6) is -0.892. The van der Waals surface area contributed by atoms with Crippen molar-refractivity contribution in [1.29, 1.82) is 0 Å². The molecule has 2 amide bonds. The molecule has 164 valence electrons. The molecule has 1 aromatic heterocycles. The molecule has 1 atom stereocenters. The largest absolute Gasteiger partial charge is 0.481 e. The number of amides is 2. The molecule has 2 aliphatic rings. The number of carboxylic acids is 1. The lowest BCUT2D eigenvalue weighted by molar-refractivity contribution is -0.138. The van der Waals surface area contributed by atoms with Crippen molar-refractivity contribution < 1.29 is 14.7 Å². The van der Waals surface area contributed by atoms with Gasteiger partial charge in [0.2, 0.25) is 0 Å². The molecule has 1 aliphatic heterocycles. The quantitative estimate of drug-likeness (QED) is 0.695. The number of aryl methyl sites for hydroxylation is 4. The minimum absolute atomic E-state index is 0.0637. The molecule has 1 N–H and O–H groups in total. The van der Waals surface area contributed by atoms with Gasteiger partial charge in [-0.2, -0.15) is 0 Å². The highest BCUT2D eigenvalue weighted by Gasteiger charge is 2.35. The molecule has 0 bridgehead atoms. The van der Waals surface area contributed by atoms with Crippen molar-refractivity contribution in [2.24, 2.45) is 0 Å². The van der Waals surface area contributed by atoms with E-state index in [1.807, 2.05) is 36.1 Å². The second-order valence-corrected chi connectivity index (χ2v) is 8.71. The number of fused-ring (bicyclic) bond motifs is 1. The van der Waals surface area contributed by atoms with Crippen molar-refractivity contribution in [3.63, 3.8) is 0 Å². The number of carbonyl (C=O) groups is 2. The highest BCUT2D eigenvalue weighted by atomic mass is 16.4. The molecule has 1 fully saturated rings. The van der Waals surface area contributed by atoms with Crippen molar-refractivity contribution in [2.75, 3.05) is 19.6 Å². The molecule has 0 radical (unpaired) electrons. The third-order valence-corrected chi connectivity index (χ3v) is 6.39. The first-order valence-electron chi connectivity index (χ1n) is 11.3. The Kier molecular flexibility index (Phi) is 6.54. The number of carbonyl (C=O) groups excluding carboxylic acids is 1. The van der Waals surface area contributed by atoms with Crippen LogP contribution in [-0.4, -0.2) is 51.5 Å². The number of aromatic nitrogens is 1. The molecule has 1 saturated heterocycles. The maximum absolute atomic E-state index is 13.1. The zero-order valence-electron chi connectivity index (χ0n) is 18.2. The first kappa shape index (κ1) is 21.3. The van der Waals surface area contributed by atoms with Crippen molar-refractivity contribution in [3.8, 4) is 0 Å². The fourth-order valence-corrected chi connectivity index (χ4v) is 4.77. The van der Waals surface area contributed by atoms with Crippen molar-refractivity contribution in [1.82, 2.24) is 14.8 Å². The van der Waals surface area contributed by atoms with Crippen LogP contribution < -0.4 is 0 Å². The summed E-state index contributed by atoms with van der Waals surface area (Å²) >= 11 is 0. The van der Waals surface area contributed by atoms with Gasteiger partial charge in [0, 0.05) is 31.0 Å². The van der Waals surface area contributed by atoms with E-state index in [4.69, 9.17) is 4.98 Å². The Hall–Kier alpha value is -2.89. The van der Waals surface area contributed by atoms with E-state index >= 15 is 0 Å². The molecule has 2 aromatic rings. The lowest BCUT2D eigenvalue weighted by Crippen LogP contribution is -2.36. The minimum Gasteiger partial charge on any atom is -0.481 e. The summed E-state index contributed by atoms with van der Waals surface area (Å²) in [6.07, 6.45) is 6.33. The average Bonchev–Trinajstić information content (AvgIpc) is 3.12. The Bertz CT molecular complexity index is 959. The van der Waals surface area contributed by atoms with Gasteiger partial charge in [0.05, 0.1) is 12.5 Å². The van der Waals surface area contributed by atoms with E-state index in [-0.39, 0.29) is 12.5 Å². The predicted molar refractivity (Wildman–Crippen MR) is 119 cm³/mol. The molecular weight excluding hydrogens is 390 g/mol. The fourth-order valence-electron chi connectivity index (χ4n) is 4.77. The SMILES string of the molecule is Cc1cccc([C@H](CC(=O)O)N2CCN(CCCc3ccc4c(n3)CCCC4)C2=O)c1. The van der Waals surface area contributed by atoms with Crippen LogP contribution in [0.25, 0.3) is 0 Å². The van der Waals surface area contributed by atoms with E-state index in [1.165, 1.54) is 24.1 Å². The van der Waals surface area contributed by atoms with Crippen LogP contribution in [0.2, 0.25) is 0 Å². The Morgan fingerprint density at radius 2 is 2.00 bits per heavy atom. The summed E-state index contributed by atoms with van der Waals surface area (Å²) < 4.78 is 0. The Labute approximate surface area is 183 Å². The van der Waals surface area contributed by atoms with Crippen LogP contribution in [0.15, 0.2) is 36.4 Å². The van der Waals surface area contributed by atoms with Gasteiger partial charge >= 0.3 is 12.0 Å². The number of rotatable bonds is 8. The van der Waals surface area contributed by atoms with Crippen molar-refractivity contribution >= 4 is 12.0 Å². The summed E-state index contributed by atoms with van der Waals surface area (Å²) in [6, 6.07) is 11.6. The zero-order valence-corrected chi connectivity index (χ0v) is 18.2. The summed E-state index contributed by atoms with van der Waals surface area (Å²) in [5.41, 5.74) is 5.69. The normalized spacial score (nSPS) is 17.0. The molecular formula is C25H31N3O3. The molecule has 6 heteroatoms. The average molecular weight is 422 g/mol. The predicted octanol–water partition coefficient (Wildman–Crippen LogP) is 4.16. The third-order valence-electron chi connectivity index (χ3n) is 6.39. The first-order valence-corrected chi connectivity index (χ1v) is 11.3. The highest BCUT2D eigenvalue weighted by molar-refractivity contribution is 5.78. The number of carboxylic acid groups (broad SMARTS) is 1. The number of urea groups is 1. The molecule has 0 saturated carbocycles. The van der Waals surface area contributed by atoms with Gasteiger partial charge in [0.15, 0.2) is 0 Å². The maximum atomic E-state index is 13.1. The molecule has 1 aromatic carbocycles. The number of nitrogens with zero attached hydrogens (tertiary/aromatic N) is 3. The first-order chi connectivity index (χ1) is 15.0.